The third-order valence-corrected chi connectivity index (χ3v) is 2.81. The fourth-order valence-corrected chi connectivity index (χ4v) is 1.63. The number of hydrogen-bond donors (Lipinski definition) is 3. The molecular weight excluding hydrogens is 310 g/mol. The van der Waals surface area contributed by atoms with Crippen LogP contribution >= 0.6 is 15.9 Å². The van der Waals surface area contributed by atoms with Crippen LogP contribution < -0.4 is 11.1 Å². The van der Waals surface area contributed by atoms with Gasteiger partial charge in [0.05, 0.1) is 6.10 Å². The van der Waals surface area contributed by atoms with Crippen LogP contribution in [0.3, 0.4) is 0 Å². The first-order chi connectivity index (χ1) is 8.32. The normalized spacial score (nSPS) is 14.1. The molecule has 0 heterocycles. The zero-order valence-electron chi connectivity index (χ0n) is 9.58. The van der Waals surface area contributed by atoms with Crippen molar-refractivity contribution in [2.24, 2.45) is 5.73 Å². The third-order valence-electron chi connectivity index (χ3n) is 2.35. The number of hydrogen-bond acceptors (Lipinski definition) is 3. The highest BCUT2D eigenvalue weighted by Crippen LogP contribution is 2.19. The number of halogens is 3. The van der Waals surface area contributed by atoms with E-state index in [0.29, 0.717) is 0 Å². The average Bonchev–Trinajstić information content (AvgIpc) is 2.24. The summed E-state index contributed by atoms with van der Waals surface area (Å²) in [6.07, 6.45) is -0.829. The molecule has 0 aliphatic heterocycles. The van der Waals surface area contributed by atoms with E-state index in [-0.39, 0.29) is 11.0 Å². The van der Waals surface area contributed by atoms with Crippen molar-refractivity contribution in [1.82, 2.24) is 5.32 Å². The summed E-state index contributed by atoms with van der Waals surface area (Å²) in [6, 6.07) is 1.29. The van der Waals surface area contributed by atoms with Crippen LogP contribution in [0.2, 0.25) is 0 Å². The molecule has 0 fully saturated rings. The molecule has 0 aliphatic rings. The first-order valence-electron chi connectivity index (χ1n) is 5.19. The van der Waals surface area contributed by atoms with Crippen LogP contribution in [-0.4, -0.2) is 29.7 Å². The smallest absolute Gasteiger partial charge is 0.257 e. The van der Waals surface area contributed by atoms with Gasteiger partial charge in [-0.15, -0.1) is 0 Å². The minimum Gasteiger partial charge on any atom is -0.392 e. The van der Waals surface area contributed by atoms with Gasteiger partial charge in [0.25, 0.3) is 5.91 Å². The third kappa shape index (κ3) is 3.72. The molecule has 18 heavy (non-hydrogen) atoms. The van der Waals surface area contributed by atoms with Gasteiger partial charge in [-0.1, -0.05) is 15.9 Å². The molecule has 7 heteroatoms. The van der Waals surface area contributed by atoms with Gasteiger partial charge in [0.15, 0.2) is 0 Å². The van der Waals surface area contributed by atoms with Crippen molar-refractivity contribution in [3.05, 3.63) is 33.8 Å². The summed E-state index contributed by atoms with van der Waals surface area (Å²) in [6.45, 7) is 1.38. The minimum absolute atomic E-state index is 0.0779. The molecule has 0 aliphatic carbocycles. The summed E-state index contributed by atoms with van der Waals surface area (Å²) < 4.78 is 27.1. The van der Waals surface area contributed by atoms with E-state index in [9.17, 15) is 13.6 Å². The van der Waals surface area contributed by atoms with Gasteiger partial charge < -0.3 is 16.2 Å². The zero-order valence-corrected chi connectivity index (χ0v) is 11.2. The number of carbonyl (C=O) groups excluding carboxylic acids is 1. The number of benzene rings is 1. The zero-order chi connectivity index (χ0) is 13.9. The molecular formula is C11H13BrF2N2O2. The quantitative estimate of drug-likeness (QED) is 0.778. The predicted molar refractivity (Wildman–Crippen MR) is 66.0 cm³/mol. The van der Waals surface area contributed by atoms with E-state index < -0.39 is 35.3 Å². The molecule has 1 aromatic carbocycles. The van der Waals surface area contributed by atoms with Crippen LogP contribution in [0.5, 0.6) is 0 Å². The van der Waals surface area contributed by atoms with Crippen molar-refractivity contribution in [2.75, 3.05) is 6.54 Å². The lowest BCUT2D eigenvalue weighted by Gasteiger charge is -2.15. The second kappa shape index (κ2) is 6.21. The van der Waals surface area contributed by atoms with E-state index in [1.165, 1.54) is 6.92 Å². The Morgan fingerprint density at radius 1 is 1.50 bits per heavy atom. The van der Waals surface area contributed by atoms with E-state index in [1.807, 2.05) is 0 Å². The lowest BCUT2D eigenvalue weighted by Crippen LogP contribution is -2.44. The SMILES string of the molecule is CC(O)C(N)CNC(=O)c1c(F)cc(Br)cc1F. The molecule has 4 nitrogen and oxygen atoms in total. The molecule has 0 saturated carbocycles. The molecule has 1 rings (SSSR count). The van der Waals surface area contributed by atoms with Crippen molar-refractivity contribution in [2.45, 2.75) is 19.1 Å². The Morgan fingerprint density at radius 3 is 2.44 bits per heavy atom. The first kappa shape index (κ1) is 15.0. The summed E-state index contributed by atoms with van der Waals surface area (Å²) in [4.78, 5) is 11.6. The number of nitrogens with one attached hydrogen (secondary N) is 1. The Morgan fingerprint density at radius 2 is 2.00 bits per heavy atom. The Hall–Kier alpha value is -1.05. The van der Waals surface area contributed by atoms with Crippen molar-refractivity contribution in [3.63, 3.8) is 0 Å². The van der Waals surface area contributed by atoms with Crippen molar-refractivity contribution < 1.29 is 18.7 Å². The van der Waals surface area contributed by atoms with Crippen molar-refractivity contribution in [3.8, 4) is 0 Å². The fraction of sp³-hybridized carbons (Fsp3) is 0.364. The predicted octanol–water partition coefficient (Wildman–Crippen LogP) is 1.17. The molecule has 0 spiro atoms. The van der Waals surface area contributed by atoms with Crippen LogP contribution in [0.1, 0.15) is 17.3 Å². The first-order valence-corrected chi connectivity index (χ1v) is 5.98. The molecule has 0 radical (unpaired) electrons. The van der Waals surface area contributed by atoms with Crippen LogP contribution in [0.15, 0.2) is 16.6 Å². The summed E-state index contributed by atoms with van der Waals surface area (Å²) in [5, 5.41) is 11.4. The highest BCUT2D eigenvalue weighted by atomic mass is 79.9. The molecule has 1 aromatic rings. The molecule has 0 aromatic heterocycles. The lowest BCUT2D eigenvalue weighted by molar-refractivity contribution is 0.0929. The molecule has 100 valence electrons. The van der Waals surface area contributed by atoms with Gasteiger partial charge in [-0.3, -0.25) is 4.79 Å². The fourth-order valence-electron chi connectivity index (χ4n) is 1.23. The standard InChI is InChI=1S/C11H13BrF2N2O2/c1-5(17)9(15)4-16-11(18)10-7(13)2-6(12)3-8(10)14/h2-3,5,9,17H,4,15H2,1H3,(H,16,18). The van der Waals surface area contributed by atoms with Gasteiger partial charge in [0.2, 0.25) is 0 Å². The van der Waals surface area contributed by atoms with Crippen LogP contribution in [0.25, 0.3) is 0 Å². The molecule has 2 atom stereocenters. The Balaban J connectivity index is 2.79. The van der Waals surface area contributed by atoms with Gasteiger partial charge in [0.1, 0.15) is 17.2 Å². The van der Waals surface area contributed by atoms with Crippen LogP contribution in [-0.2, 0) is 0 Å². The second-order valence-corrected chi connectivity index (χ2v) is 4.77. The number of carbonyl (C=O) groups is 1. The summed E-state index contributed by atoms with van der Waals surface area (Å²) >= 11 is 2.91. The monoisotopic (exact) mass is 322 g/mol. The van der Waals surface area contributed by atoms with Gasteiger partial charge in [-0.05, 0) is 19.1 Å². The van der Waals surface area contributed by atoms with Gasteiger partial charge in [0, 0.05) is 17.1 Å². The van der Waals surface area contributed by atoms with Gasteiger partial charge in [-0.2, -0.15) is 0 Å². The minimum atomic E-state index is -0.968. The van der Waals surface area contributed by atoms with Gasteiger partial charge >= 0.3 is 0 Å². The molecule has 2 unspecified atom stereocenters. The van der Waals surface area contributed by atoms with Crippen molar-refractivity contribution in [1.29, 1.82) is 0 Å². The average molecular weight is 323 g/mol. The number of nitrogens with two attached hydrogens (primary N) is 1. The summed E-state index contributed by atoms with van der Waals surface area (Å²) in [5.41, 5.74) is 4.81. The summed E-state index contributed by atoms with van der Waals surface area (Å²) in [5.74, 6) is -2.84. The van der Waals surface area contributed by atoms with E-state index >= 15 is 0 Å². The molecule has 1 amide bonds. The van der Waals surface area contributed by atoms with Gasteiger partial charge in [-0.25, -0.2) is 8.78 Å². The molecule has 0 saturated heterocycles. The second-order valence-electron chi connectivity index (χ2n) is 3.86. The largest absolute Gasteiger partial charge is 0.392 e. The lowest BCUT2D eigenvalue weighted by atomic mass is 10.1. The molecule has 4 N–H and O–H groups in total. The molecule has 0 bridgehead atoms. The topological polar surface area (TPSA) is 75.3 Å². The Kier molecular flexibility index (Phi) is 5.18. The van der Waals surface area contributed by atoms with E-state index in [1.54, 1.807) is 0 Å². The van der Waals surface area contributed by atoms with Crippen LogP contribution in [0, 0.1) is 11.6 Å². The maximum absolute atomic E-state index is 13.4. The van der Waals surface area contributed by atoms with E-state index in [0.717, 1.165) is 12.1 Å². The maximum Gasteiger partial charge on any atom is 0.257 e. The Bertz CT molecular complexity index is 432. The summed E-state index contributed by atoms with van der Waals surface area (Å²) in [7, 11) is 0. The number of rotatable bonds is 4. The van der Waals surface area contributed by atoms with Crippen LogP contribution in [0.4, 0.5) is 8.78 Å². The Labute approximate surface area is 111 Å². The number of aliphatic hydroxyl groups is 1. The highest BCUT2D eigenvalue weighted by molar-refractivity contribution is 9.10. The number of aliphatic hydroxyl groups excluding tert-OH is 1. The maximum atomic E-state index is 13.4. The van der Waals surface area contributed by atoms with Crippen molar-refractivity contribution >= 4 is 21.8 Å². The number of amides is 1. The van der Waals surface area contributed by atoms with E-state index in [2.05, 4.69) is 21.2 Å². The highest BCUT2D eigenvalue weighted by Gasteiger charge is 2.19. The van der Waals surface area contributed by atoms with E-state index in [4.69, 9.17) is 10.8 Å².